The highest BCUT2D eigenvalue weighted by Gasteiger charge is 2.12. The number of carbonyl (C=O) groups excluding carboxylic acids is 1. The van der Waals surface area contributed by atoms with Crippen LogP contribution in [-0.4, -0.2) is 26.1 Å². The van der Waals surface area contributed by atoms with Crippen molar-refractivity contribution in [1.29, 1.82) is 0 Å². The molecule has 4 aromatic rings. The number of phenolic OH excluding ortho intramolecular Hbond substituents is 1. The minimum Gasteiger partial charge on any atom is -0.505 e. The Kier molecular flexibility index (Phi) is 3.63. The summed E-state index contributed by atoms with van der Waals surface area (Å²) in [6, 6.07) is 20.6. The molecular formula is C19H13N3O3. The highest BCUT2D eigenvalue weighted by Crippen LogP contribution is 2.27. The lowest BCUT2D eigenvalue weighted by Crippen LogP contribution is -2.08. The number of aromatic nitrogens is 3. The van der Waals surface area contributed by atoms with E-state index in [1.54, 1.807) is 36.4 Å². The molecule has 3 aromatic carbocycles. The molecule has 122 valence electrons. The number of nitrogens with zero attached hydrogens (tertiary/aromatic N) is 3. The normalized spacial score (nSPS) is 10.7. The van der Waals surface area contributed by atoms with E-state index in [2.05, 4.69) is 10.2 Å². The molecule has 0 fully saturated rings. The fraction of sp³-hybridized carbons (Fsp3) is 0. The van der Waals surface area contributed by atoms with Crippen LogP contribution in [0, 0.1) is 0 Å². The minimum atomic E-state index is -0.490. The van der Waals surface area contributed by atoms with Crippen molar-refractivity contribution < 1.29 is 14.6 Å². The number of esters is 1. The smallest absolute Gasteiger partial charge is 0.343 e. The average molecular weight is 331 g/mol. The van der Waals surface area contributed by atoms with Crippen LogP contribution in [-0.2, 0) is 0 Å². The Morgan fingerprint density at radius 1 is 0.880 bits per heavy atom. The first kappa shape index (κ1) is 14.9. The number of aromatic hydroxyl groups is 1. The van der Waals surface area contributed by atoms with Crippen molar-refractivity contribution in [2.45, 2.75) is 0 Å². The maximum Gasteiger partial charge on any atom is 0.343 e. The van der Waals surface area contributed by atoms with E-state index in [0.717, 1.165) is 11.0 Å². The van der Waals surface area contributed by atoms with Gasteiger partial charge in [0.05, 0.1) is 5.56 Å². The van der Waals surface area contributed by atoms with Crippen LogP contribution in [0.4, 0.5) is 0 Å². The zero-order chi connectivity index (χ0) is 17.2. The molecule has 4 rings (SSSR count). The first-order chi connectivity index (χ1) is 12.2. The summed E-state index contributed by atoms with van der Waals surface area (Å²) in [5, 5.41) is 18.9. The predicted molar refractivity (Wildman–Crippen MR) is 91.9 cm³/mol. The van der Waals surface area contributed by atoms with E-state index in [1.165, 1.54) is 10.9 Å². The fourth-order valence-corrected chi connectivity index (χ4v) is 2.44. The van der Waals surface area contributed by atoms with Gasteiger partial charge in [-0.25, -0.2) is 4.79 Å². The number of carbonyl (C=O) groups is 1. The highest BCUT2D eigenvalue weighted by atomic mass is 16.5. The zero-order valence-corrected chi connectivity index (χ0v) is 13.0. The largest absolute Gasteiger partial charge is 0.505 e. The van der Waals surface area contributed by atoms with E-state index in [-0.39, 0.29) is 11.5 Å². The van der Waals surface area contributed by atoms with Gasteiger partial charge in [-0.05, 0) is 36.4 Å². The van der Waals surface area contributed by atoms with Crippen LogP contribution in [0.3, 0.4) is 0 Å². The van der Waals surface area contributed by atoms with E-state index in [9.17, 15) is 9.90 Å². The molecule has 6 heteroatoms. The third kappa shape index (κ3) is 2.92. The Morgan fingerprint density at radius 2 is 1.52 bits per heavy atom. The zero-order valence-electron chi connectivity index (χ0n) is 13.0. The lowest BCUT2D eigenvalue weighted by atomic mass is 10.2. The molecule has 0 radical (unpaired) electrons. The summed E-state index contributed by atoms with van der Waals surface area (Å²) in [6.45, 7) is 0. The van der Waals surface area contributed by atoms with Crippen LogP contribution in [0.25, 0.3) is 16.7 Å². The lowest BCUT2D eigenvalue weighted by molar-refractivity contribution is 0.0734. The summed E-state index contributed by atoms with van der Waals surface area (Å²) in [7, 11) is 0. The van der Waals surface area contributed by atoms with Gasteiger partial charge in [-0.15, -0.1) is 15.0 Å². The maximum absolute atomic E-state index is 12.1. The summed E-state index contributed by atoms with van der Waals surface area (Å²) >= 11 is 0. The molecule has 0 aliphatic rings. The molecule has 0 spiro atoms. The standard InChI is InChI=1S/C19H13N3O3/c23-18-12-14(25-19(24)13-6-2-1-3-7-13)10-11-17(18)22-20-15-8-4-5-9-16(15)21-22/h1-12,23H. The van der Waals surface area contributed by atoms with Crippen LogP contribution in [0.2, 0.25) is 0 Å². The topological polar surface area (TPSA) is 77.2 Å². The molecule has 0 bridgehead atoms. The third-order valence-electron chi connectivity index (χ3n) is 3.67. The summed E-state index contributed by atoms with van der Waals surface area (Å²) in [5.74, 6) is -0.332. The van der Waals surface area contributed by atoms with Gasteiger partial charge >= 0.3 is 5.97 Å². The van der Waals surface area contributed by atoms with E-state index < -0.39 is 5.97 Å². The Balaban J connectivity index is 1.61. The van der Waals surface area contributed by atoms with Crippen LogP contribution in [0.15, 0.2) is 72.8 Å². The number of hydrogen-bond donors (Lipinski definition) is 1. The van der Waals surface area contributed by atoms with Gasteiger partial charge in [-0.2, -0.15) is 0 Å². The average Bonchev–Trinajstić information content (AvgIpc) is 3.06. The van der Waals surface area contributed by atoms with Gasteiger partial charge in [0.15, 0.2) is 0 Å². The number of phenols is 1. The molecule has 1 aromatic heterocycles. The molecule has 0 aliphatic carbocycles. The minimum absolute atomic E-state index is 0.0846. The second-order valence-electron chi connectivity index (χ2n) is 5.38. The quantitative estimate of drug-likeness (QED) is 0.460. The van der Waals surface area contributed by atoms with Gasteiger partial charge in [-0.1, -0.05) is 30.3 Å². The first-order valence-electron chi connectivity index (χ1n) is 7.63. The van der Waals surface area contributed by atoms with Crippen LogP contribution < -0.4 is 4.74 Å². The monoisotopic (exact) mass is 331 g/mol. The predicted octanol–water partition coefficient (Wildman–Crippen LogP) is 3.35. The van der Waals surface area contributed by atoms with Gasteiger partial charge in [0.2, 0.25) is 0 Å². The number of rotatable bonds is 3. The van der Waals surface area contributed by atoms with Crippen molar-refractivity contribution in [2.24, 2.45) is 0 Å². The van der Waals surface area contributed by atoms with Crippen molar-refractivity contribution in [1.82, 2.24) is 15.0 Å². The first-order valence-corrected chi connectivity index (χ1v) is 7.63. The number of ether oxygens (including phenoxy) is 1. The maximum atomic E-state index is 12.1. The lowest BCUT2D eigenvalue weighted by Gasteiger charge is -2.07. The summed E-state index contributed by atoms with van der Waals surface area (Å²) in [4.78, 5) is 13.4. The molecule has 1 N–H and O–H groups in total. The van der Waals surface area contributed by atoms with Gasteiger partial charge in [-0.3, -0.25) is 0 Å². The van der Waals surface area contributed by atoms with Gasteiger partial charge in [0.1, 0.15) is 28.2 Å². The van der Waals surface area contributed by atoms with E-state index in [1.807, 2.05) is 30.3 Å². The van der Waals surface area contributed by atoms with E-state index >= 15 is 0 Å². The summed E-state index contributed by atoms with van der Waals surface area (Å²) in [5.41, 5.74) is 2.28. The molecule has 0 amide bonds. The molecule has 1 heterocycles. The molecule has 0 saturated heterocycles. The summed E-state index contributed by atoms with van der Waals surface area (Å²) < 4.78 is 5.28. The van der Waals surface area contributed by atoms with Crippen molar-refractivity contribution in [2.75, 3.05) is 0 Å². The van der Waals surface area contributed by atoms with E-state index in [0.29, 0.717) is 11.3 Å². The van der Waals surface area contributed by atoms with Crippen molar-refractivity contribution >= 4 is 17.0 Å². The molecular weight excluding hydrogens is 318 g/mol. The number of hydrogen-bond acceptors (Lipinski definition) is 5. The SMILES string of the molecule is O=C(Oc1ccc(-n2nc3ccccc3n2)c(O)c1)c1ccccc1. The van der Waals surface area contributed by atoms with Crippen molar-refractivity contribution in [3.8, 4) is 17.2 Å². The van der Waals surface area contributed by atoms with Crippen LogP contribution in [0.5, 0.6) is 11.5 Å². The highest BCUT2D eigenvalue weighted by molar-refractivity contribution is 5.91. The number of fused-ring (bicyclic) bond motifs is 1. The molecule has 0 saturated carbocycles. The molecule has 0 aliphatic heterocycles. The second-order valence-corrected chi connectivity index (χ2v) is 5.38. The van der Waals surface area contributed by atoms with Gasteiger partial charge in [0.25, 0.3) is 0 Å². The summed E-state index contributed by atoms with van der Waals surface area (Å²) in [6.07, 6.45) is 0. The van der Waals surface area contributed by atoms with E-state index in [4.69, 9.17) is 4.74 Å². The van der Waals surface area contributed by atoms with Gasteiger partial charge in [0, 0.05) is 6.07 Å². The van der Waals surface area contributed by atoms with Crippen molar-refractivity contribution in [3.63, 3.8) is 0 Å². The Morgan fingerprint density at radius 3 is 2.16 bits per heavy atom. The molecule has 0 unspecified atom stereocenters. The molecule has 6 nitrogen and oxygen atoms in total. The fourth-order valence-electron chi connectivity index (χ4n) is 2.44. The van der Waals surface area contributed by atoms with Crippen molar-refractivity contribution in [3.05, 3.63) is 78.4 Å². The van der Waals surface area contributed by atoms with Gasteiger partial charge < -0.3 is 9.84 Å². The van der Waals surface area contributed by atoms with Crippen LogP contribution >= 0.6 is 0 Å². The molecule has 25 heavy (non-hydrogen) atoms. The Hall–Kier alpha value is -3.67. The molecule has 0 atom stereocenters. The number of benzene rings is 3. The Bertz CT molecular complexity index is 1020. The van der Waals surface area contributed by atoms with Crippen LogP contribution in [0.1, 0.15) is 10.4 Å². The third-order valence-corrected chi connectivity index (χ3v) is 3.67. The Labute approximate surface area is 142 Å². The second kappa shape index (κ2) is 6.09.